The lowest BCUT2D eigenvalue weighted by atomic mass is 9.84. The van der Waals surface area contributed by atoms with Crippen LogP contribution < -0.4 is 5.73 Å². The number of amides is 1. The van der Waals surface area contributed by atoms with Crippen LogP contribution in [0.4, 0.5) is 0 Å². The Kier molecular flexibility index (Phi) is 4.59. The number of carbonyl (C=O) groups excluding carboxylic acids is 1. The molecule has 3 nitrogen and oxygen atoms in total. The van der Waals surface area contributed by atoms with E-state index < -0.39 is 6.04 Å². The van der Waals surface area contributed by atoms with Gasteiger partial charge in [-0.2, -0.15) is 0 Å². The molecule has 1 rings (SSSR count). The van der Waals surface area contributed by atoms with Gasteiger partial charge in [-0.1, -0.05) is 40.5 Å². The highest BCUT2D eigenvalue weighted by molar-refractivity contribution is 5.82. The van der Waals surface area contributed by atoms with Crippen LogP contribution in [0.25, 0.3) is 0 Å². The van der Waals surface area contributed by atoms with Gasteiger partial charge in [0.1, 0.15) is 0 Å². The Bertz CT molecular complexity index is 270. The third kappa shape index (κ3) is 3.70. The molecule has 1 amide bonds. The number of likely N-dealkylation sites (N-methyl/N-ethyl adjacent to an activating group) is 1. The molecule has 0 bridgehead atoms. The lowest BCUT2D eigenvalue weighted by Gasteiger charge is -2.37. The maximum atomic E-state index is 12.3. The second-order valence-corrected chi connectivity index (χ2v) is 6.72. The molecule has 100 valence electrons. The molecule has 2 unspecified atom stereocenters. The number of hydrogen-bond donors (Lipinski definition) is 1. The molecule has 0 spiro atoms. The predicted octanol–water partition coefficient (Wildman–Crippen LogP) is 2.40. The van der Waals surface area contributed by atoms with E-state index in [4.69, 9.17) is 5.73 Å². The molecule has 1 fully saturated rings. The zero-order valence-electron chi connectivity index (χ0n) is 12.0. The SMILES string of the molecule is CC1CCCC(N(C)C(=O)[C@H](N)C(C)(C)C)C1. The normalized spacial score (nSPS) is 27.6. The Morgan fingerprint density at radius 1 is 1.35 bits per heavy atom. The third-order valence-electron chi connectivity index (χ3n) is 4.00. The molecule has 1 aliphatic rings. The molecule has 17 heavy (non-hydrogen) atoms. The highest BCUT2D eigenvalue weighted by Crippen LogP contribution is 2.28. The quantitative estimate of drug-likeness (QED) is 0.805. The summed E-state index contributed by atoms with van der Waals surface area (Å²) in [4.78, 5) is 14.2. The van der Waals surface area contributed by atoms with Crippen molar-refractivity contribution in [1.82, 2.24) is 4.90 Å². The zero-order valence-corrected chi connectivity index (χ0v) is 12.0. The summed E-state index contributed by atoms with van der Waals surface area (Å²) in [5.41, 5.74) is 5.88. The number of hydrogen-bond acceptors (Lipinski definition) is 2. The molecule has 3 atom stereocenters. The molecular formula is C14H28N2O. The fourth-order valence-corrected chi connectivity index (χ4v) is 2.52. The molecule has 1 saturated carbocycles. The van der Waals surface area contributed by atoms with Crippen molar-refractivity contribution < 1.29 is 4.79 Å². The summed E-state index contributed by atoms with van der Waals surface area (Å²) < 4.78 is 0. The Morgan fingerprint density at radius 2 is 1.94 bits per heavy atom. The number of nitrogens with zero attached hydrogens (tertiary/aromatic N) is 1. The average Bonchev–Trinajstić information content (AvgIpc) is 2.25. The Balaban J connectivity index is 2.63. The van der Waals surface area contributed by atoms with Gasteiger partial charge in [-0.05, 0) is 24.2 Å². The number of carbonyl (C=O) groups is 1. The van der Waals surface area contributed by atoms with Gasteiger partial charge in [0.2, 0.25) is 5.91 Å². The van der Waals surface area contributed by atoms with E-state index in [9.17, 15) is 4.79 Å². The van der Waals surface area contributed by atoms with Crippen molar-refractivity contribution in [2.75, 3.05) is 7.05 Å². The van der Waals surface area contributed by atoms with E-state index in [2.05, 4.69) is 6.92 Å². The first-order valence-electron chi connectivity index (χ1n) is 6.75. The summed E-state index contributed by atoms with van der Waals surface area (Å²) in [6.07, 6.45) is 4.78. The molecule has 3 heteroatoms. The van der Waals surface area contributed by atoms with Crippen molar-refractivity contribution in [3.63, 3.8) is 0 Å². The van der Waals surface area contributed by atoms with Crippen molar-refractivity contribution in [2.24, 2.45) is 17.1 Å². The Labute approximate surface area is 106 Å². The predicted molar refractivity (Wildman–Crippen MR) is 71.6 cm³/mol. The second-order valence-electron chi connectivity index (χ2n) is 6.72. The van der Waals surface area contributed by atoms with Crippen molar-refractivity contribution in [1.29, 1.82) is 0 Å². The second kappa shape index (κ2) is 5.38. The summed E-state index contributed by atoms with van der Waals surface area (Å²) in [6, 6.07) is -0.00983. The van der Waals surface area contributed by atoms with E-state index in [0.717, 1.165) is 18.8 Å². The van der Waals surface area contributed by atoms with E-state index in [1.165, 1.54) is 12.8 Å². The molecule has 0 saturated heterocycles. The molecule has 0 radical (unpaired) electrons. The smallest absolute Gasteiger partial charge is 0.240 e. The van der Waals surface area contributed by atoms with Gasteiger partial charge in [-0.15, -0.1) is 0 Å². The van der Waals surface area contributed by atoms with Crippen LogP contribution in [0, 0.1) is 11.3 Å². The minimum Gasteiger partial charge on any atom is -0.341 e. The Hall–Kier alpha value is -0.570. The first-order chi connectivity index (χ1) is 7.73. The molecule has 0 aromatic heterocycles. The van der Waals surface area contributed by atoms with Crippen LogP contribution in [0.1, 0.15) is 53.4 Å². The van der Waals surface area contributed by atoms with Crippen molar-refractivity contribution in [3.05, 3.63) is 0 Å². The molecule has 2 N–H and O–H groups in total. The lowest BCUT2D eigenvalue weighted by Crippen LogP contribution is -2.52. The highest BCUT2D eigenvalue weighted by atomic mass is 16.2. The topological polar surface area (TPSA) is 46.3 Å². The van der Waals surface area contributed by atoms with Crippen molar-refractivity contribution in [3.8, 4) is 0 Å². The van der Waals surface area contributed by atoms with E-state index in [1.807, 2.05) is 32.7 Å². The van der Waals surface area contributed by atoms with Crippen LogP contribution >= 0.6 is 0 Å². The fraction of sp³-hybridized carbons (Fsp3) is 0.929. The van der Waals surface area contributed by atoms with Gasteiger partial charge < -0.3 is 10.6 Å². The monoisotopic (exact) mass is 240 g/mol. The van der Waals surface area contributed by atoms with E-state index in [-0.39, 0.29) is 11.3 Å². The lowest BCUT2D eigenvalue weighted by molar-refractivity contribution is -0.136. The van der Waals surface area contributed by atoms with Crippen LogP contribution in [0.15, 0.2) is 0 Å². The fourth-order valence-electron chi connectivity index (χ4n) is 2.52. The van der Waals surface area contributed by atoms with E-state index >= 15 is 0 Å². The van der Waals surface area contributed by atoms with Gasteiger partial charge in [0.05, 0.1) is 6.04 Å². The van der Waals surface area contributed by atoms with E-state index in [0.29, 0.717) is 6.04 Å². The molecule has 0 aromatic rings. The molecule has 0 aliphatic heterocycles. The van der Waals surface area contributed by atoms with Crippen LogP contribution in [0.3, 0.4) is 0 Å². The largest absolute Gasteiger partial charge is 0.341 e. The van der Waals surface area contributed by atoms with Crippen LogP contribution in [-0.2, 0) is 4.79 Å². The van der Waals surface area contributed by atoms with E-state index in [1.54, 1.807) is 0 Å². The summed E-state index contributed by atoms with van der Waals surface area (Å²) in [5, 5.41) is 0. The minimum absolute atomic E-state index is 0.0941. The number of rotatable bonds is 2. The maximum Gasteiger partial charge on any atom is 0.240 e. The summed E-state index contributed by atoms with van der Waals surface area (Å²) in [7, 11) is 1.91. The summed E-state index contributed by atoms with van der Waals surface area (Å²) >= 11 is 0. The van der Waals surface area contributed by atoms with Gasteiger partial charge in [0.15, 0.2) is 0 Å². The number of nitrogens with two attached hydrogens (primary N) is 1. The van der Waals surface area contributed by atoms with Crippen LogP contribution in [0.2, 0.25) is 0 Å². The van der Waals surface area contributed by atoms with Gasteiger partial charge in [0.25, 0.3) is 0 Å². The summed E-state index contributed by atoms with van der Waals surface area (Å²) in [5.74, 6) is 0.825. The van der Waals surface area contributed by atoms with Crippen LogP contribution in [-0.4, -0.2) is 29.9 Å². The van der Waals surface area contributed by atoms with Gasteiger partial charge in [0, 0.05) is 13.1 Å². The van der Waals surface area contributed by atoms with Crippen molar-refractivity contribution in [2.45, 2.75) is 65.5 Å². The third-order valence-corrected chi connectivity index (χ3v) is 4.00. The summed E-state index contributed by atoms with van der Waals surface area (Å²) in [6.45, 7) is 8.33. The standard InChI is InChI=1S/C14H28N2O/c1-10-7-6-8-11(9-10)16(5)13(17)12(15)14(2,3)4/h10-12H,6-9,15H2,1-5H3/t10?,11?,12-/m0/s1. The first-order valence-corrected chi connectivity index (χ1v) is 6.75. The maximum absolute atomic E-state index is 12.3. The van der Waals surface area contributed by atoms with Crippen molar-refractivity contribution >= 4 is 5.91 Å². The van der Waals surface area contributed by atoms with Gasteiger partial charge in [-0.25, -0.2) is 0 Å². The van der Waals surface area contributed by atoms with Crippen LogP contribution in [0.5, 0.6) is 0 Å². The average molecular weight is 240 g/mol. The Morgan fingerprint density at radius 3 is 2.41 bits per heavy atom. The minimum atomic E-state index is -0.398. The van der Waals surface area contributed by atoms with Gasteiger partial charge in [-0.3, -0.25) is 4.79 Å². The molecule has 0 heterocycles. The highest BCUT2D eigenvalue weighted by Gasteiger charge is 2.33. The molecular weight excluding hydrogens is 212 g/mol. The molecule has 0 aromatic carbocycles. The van der Waals surface area contributed by atoms with Gasteiger partial charge >= 0.3 is 0 Å². The zero-order chi connectivity index (χ0) is 13.2. The first kappa shape index (κ1) is 14.5. The molecule has 1 aliphatic carbocycles.